The van der Waals surface area contributed by atoms with Gasteiger partial charge in [-0.2, -0.15) is 15.0 Å². The average Bonchev–Trinajstić information content (AvgIpc) is 3.02. The molecule has 0 saturated carbocycles. The molecular formula is C11H16N6OS. The lowest BCUT2D eigenvalue weighted by Gasteiger charge is -2.00. The normalized spacial score (nSPS) is 10.6. The molecule has 0 bridgehead atoms. The predicted octanol–water partition coefficient (Wildman–Crippen LogP) is 0.478. The summed E-state index contributed by atoms with van der Waals surface area (Å²) in [6.45, 7) is 2.47. The smallest absolute Gasteiger partial charge is 0.220 e. The molecule has 1 amide bonds. The lowest BCUT2D eigenvalue weighted by Crippen LogP contribution is -2.23. The minimum atomic E-state index is -0.0149. The Morgan fingerprint density at radius 3 is 2.84 bits per heavy atom. The van der Waals surface area contributed by atoms with Gasteiger partial charge in [0.1, 0.15) is 10.0 Å². The van der Waals surface area contributed by atoms with Crippen molar-refractivity contribution in [1.29, 1.82) is 0 Å². The van der Waals surface area contributed by atoms with Crippen LogP contribution in [0, 0.1) is 0 Å². The SMILES string of the molecule is CCc1nnc(CNC(=O)CCc2cnn(C)n2)s1. The molecule has 0 fully saturated rings. The van der Waals surface area contributed by atoms with Crippen LogP contribution in [0.5, 0.6) is 0 Å². The highest BCUT2D eigenvalue weighted by atomic mass is 32.1. The third kappa shape index (κ3) is 4.09. The number of carbonyl (C=O) groups is 1. The van der Waals surface area contributed by atoms with Crippen LogP contribution in [0.4, 0.5) is 0 Å². The topological polar surface area (TPSA) is 85.6 Å². The number of hydrogen-bond acceptors (Lipinski definition) is 6. The fourth-order valence-corrected chi connectivity index (χ4v) is 2.23. The number of carbonyl (C=O) groups excluding carboxylic acids is 1. The summed E-state index contributed by atoms with van der Waals surface area (Å²) in [5, 5.41) is 20.7. The molecule has 1 N–H and O–H groups in total. The largest absolute Gasteiger partial charge is 0.350 e. The minimum Gasteiger partial charge on any atom is -0.350 e. The summed E-state index contributed by atoms with van der Waals surface area (Å²) in [6, 6.07) is 0. The van der Waals surface area contributed by atoms with E-state index >= 15 is 0 Å². The van der Waals surface area contributed by atoms with Gasteiger partial charge in [0.05, 0.1) is 18.4 Å². The van der Waals surface area contributed by atoms with Crippen LogP contribution in [0.2, 0.25) is 0 Å². The fourth-order valence-electron chi connectivity index (χ4n) is 1.51. The number of nitrogens with zero attached hydrogens (tertiary/aromatic N) is 5. The van der Waals surface area contributed by atoms with Crippen molar-refractivity contribution in [3.63, 3.8) is 0 Å². The second-order valence-corrected chi connectivity index (χ2v) is 5.19. The second kappa shape index (κ2) is 6.37. The molecule has 2 heterocycles. The molecule has 8 heteroatoms. The minimum absolute atomic E-state index is 0.0149. The van der Waals surface area contributed by atoms with Crippen LogP contribution in [0.15, 0.2) is 6.20 Å². The molecule has 0 aliphatic rings. The summed E-state index contributed by atoms with van der Waals surface area (Å²) in [5.74, 6) is -0.0149. The third-order valence-corrected chi connectivity index (χ3v) is 3.57. The van der Waals surface area contributed by atoms with Gasteiger partial charge in [0.2, 0.25) is 5.91 Å². The van der Waals surface area contributed by atoms with E-state index in [0.717, 1.165) is 22.1 Å². The van der Waals surface area contributed by atoms with Crippen molar-refractivity contribution in [2.75, 3.05) is 0 Å². The maximum Gasteiger partial charge on any atom is 0.220 e. The van der Waals surface area contributed by atoms with E-state index in [0.29, 0.717) is 19.4 Å². The van der Waals surface area contributed by atoms with E-state index in [4.69, 9.17) is 0 Å². The van der Waals surface area contributed by atoms with E-state index < -0.39 is 0 Å². The zero-order chi connectivity index (χ0) is 13.7. The van der Waals surface area contributed by atoms with Crippen LogP contribution in [-0.4, -0.2) is 31.1 Å². The Morgan fingerprint density at radius 2 is 2.21 bits per heavy atom. The van der Waals surface area contributed by atoms with Gasteiger partial charge in [0.15, 0.2) is 0 Å². The van der Waals surface area contributed by atoms with Gasteiger partial charge in [-0.25, -0.2) is 0 Å². The molecule has 102 valence electrons. The number of nitrogens with one attached hydrogen (secondary N) is 1. The Kier molecular flexibility index (Phi) is 4.56. The van der Waals surface area contributed by atoms with Crippen LogP contribution in [0.1, 0.15) is 29.1 Å². The van der Waals surface area contributed by atoms with E-state index in [-0.39, 0.29) is 5.91 Å². The summed E-state index contributed by atoms with van der Waals surface area (Å²) in [7, 11) is 1.75. The first-order valence-corrected chi connectivity index (χ1v) is 6.92. The molecule has 19 heavy (non-hydrogen) atoms. The molecule has 0 atom stereocenters. The number of hydrogen-bond donors (Lipinski definition) is 1. The van der Waals surface area contributed by atoms with Gasteiger partial charge in [0, 0.05) is 19.9 Å². The molecule has 0 aromatic carbocycles. The maximum absolute atomic E-state index is 11.7. The van der Waals surface area contributed by atoms with Crippen molar-refractivity contribution < 1.29 is 4.79 Å². The van der Waals surface area contributed by atoms with Gasteiger partial charge in [-0.3, -0.25) is 4.79 Å². The maximum atomic E-state index is 11.7. The summed E-state index contributed by atoms with van der Waals surface area (Å²) in [4.78, 5) is 13.2. The quantitative estimate of drug-likeness (QED) is 0.831. The Morgan fingerprint density at radius 1 is 1.42 bits per heavy atom. The molecule has 7 nitrogen and oxygen atoms in total. The van der Waals surface area contributed by atoms with Crippen LogP contribution >= 0.6 is 11.3 Å². The van der Waals surface area contributed by atoms with E-state index in [1.165, 1.54) is 16.1 Å². The monoisotopic (exact) mass is 280 g/mol. The van der Waals surface area contributed by atoms with E-state index in [2.05, 4.69) is 25.7 Å². The molecule has 0 aliphatic carbocycles. The molecule has 2 aromatic heterocycles. The summed E-state index contributed by atoms with van der Waals surface area (Å²) >= 11 is 1.53. The number of rotatable bonds is 6. The van der Waals surface area contributed by atoms with Gasteiger partial charge in [-0.15, -0.1) is 10.2 Å². The molecule has 0 aliphatic heterocycles. The standard InChI is InChI=1S/C11H16N6OS/c1-3-10-14-15-11(19-10)7-12-9(18)5-4-8-6-13-17(2)16-8/h6H,3-5,7H2,1-2H3,(H,12,18). The first-order chi connectivity index (χ1) is 9.17. The first-order valence-electron chi connectivity index (χ1n) is 6.10. The molecular weight excluding hydrogens is 264 g/mol. The van der Waals surface area contributed by atoms with E-state index in [1.54, 1.807) is 13.2 Å². The predicted molar refractivity (Wildman–Crippen MR) is 70.5 cm³/mol. The molecule has 0 radical (unpaired) electrons. The molecule has 2 rings (SSSR count). The van der Waals surface area contributed by atoms with Crippen LogP contribution in [-0.2, 0) is 31.2 Å². The number of amides is 1. The van der Waals surface area contributed by atoms with Crippen molar-refractivity contribution in [1.82, 2.24) is 30.5 Å². The summed E-state index contributed by atoms with van der Waals surface area (Å²) in [6.07, 6.45) is 3.54. The van der Waals surface area contributed by atoms with Crippen molar-refractivity contribution in [3.05, 3.63) is 21.9 Å². The molecule has 0 saturated heterocycles. The van der Waals surface area contributed by atoms with Gasteiger partial charge >= 0.3 is 0 Å². The highest BCUT2D eigenvalue weighted by Crippen LogP contribution is 2.09. The van der Waals surface area contributed by atoms with Gasteiger partial charge in [-0.1, -0.05) is 18.3 Å². The summed E-state index contributed by atoms with van der Waals surface area (Å²) < 4.78 is 0. The number of aryl methyl sites for hydroxylation is 3. The first kappa shape index (κ1) is 13.6. The zero-order valence-electron chi connectivity index (χ0n) is 11.0. The van der Waals surface area contributed by atoms with Crippen molar-refractivity contribution in [3.8, 4) is 0 Å². The average molecular weight is 280 g/mol. The van der Waals surface area contributed by atoms with Gasteiger partial charge < -0.3 is 5.32 Å². The fraction of sp³-hybridized carbons (Fsp3) is 0.545. The van der Waals surface area contributed by atoms with Crippen molar-refractivity contribution in [2.24, 2.45) is 7.05 Å². The molecule has 2 aromatic rings. The van der Waals surface area contributed by atoms with Crippen molar-refractivity contribution in [2.45, 2.75) is 32.7 Å². The Labute approximate surface area is 115 Å². The van der Waals surface area contributed by atoms with Crippen LogP contribution < -0.4 is 5.32 Å². The highest BCUT2D eigenvalue weighted by Gasteiger charge is 2.07. The van der Waals surface area contributed by atoms with Gasteiger partial charge in [0.25, 0.3) is 0 Å². The molecule has 0 unspecified atom stereocenters. The van der Waals surface area contributed by atoms with Crippen molar-refractivity contribution >= 4 is 17.2 Å². The van der Waals surface area contributed by atoms with E-state index in [1.807, 2.05) is 6.92 Å². The third-order valence-electron chi connectivity index (χ3n) is 2.50. The molecule has 0 spiro atoms. The lowest BCUT2D eigenvalue weighted by molar-refractivity contribution is -0.121. The van der Waals surface area contributed by atoms with E-state index in [9.17, 15) is 4.79 Å². The second-order valence-electron chi connectivity index (χ2n) is 4.05. The number of aromatic nitrogens is 5. The van der Waals surface area contributed by atoms with Gasteiger partial charge in [-0.05, 0) is 6.42 Å². The summed E-state index contributed by atoms with van der Waals surface area (Å²) in [5.41, 5.74) is 0.821. The van der Waals surface area contributed by atoms with Crippen LogP contribution in [0.3, 0.4) is 0 Å². The zero-order valence-corrected chi connectivity index (χ0v) is 11.8. The Bertz CT molecular complexity index is 549. The lowest BCUT2D eigenvalue weighted by atomic mass is 10.2. The Balaban J connectivity index is 1.72. The highest BCUT2D eigenvalue weighted by molar-refractivity contribution is 7.11. The van der Waals surface area contributed by atoms with Crippen LogP contribution in [0.25, 0.3) is 0 Å². The Hall–Kier alpha value is -1.83.